The van der Waals surface area contributed by atoms with Crippen LogP contribution in [-0.4, -0.2) is 4.98 Å². The summed E-state index contributed by atoms with van der Waals surface area (Å²) in [6.07, 6.45) is 7.02. The van der Waals surface area contributed by atoms with E-state index in [9.17, 15) is 0 Å². The fraction of sp³-hybridized carbons (Fsp3) is 0.467. The molecule has 2 nitrogen and oxygen atoms in total. The first-order valence-corrected chi connectivity index (χ1v) is 12.5. The van der Waals surface area contributed by atoms with Crippen LogP contribution in [0.15, 0.2) is 30.3 Å². The highest BCUT2D eigenvalue weighted by Crippen LogP contribution is 2.37. The van der Waals surface area contributed by atoms with Crippen LogP contribution in [0, 0.1) is 18.8 Å². The van der Waals surface area contributed by atoms with Crippen LogP contribution >= 0.6 is 0 Å². The van der Waals surface area contributed by atoms with Crippen molar-refractivity contribution in [3.63, 3.8) is 0 Å². The number of aryl methyl sites for hydroxylation is 3. The molecule has 1 aliphatic carbocycles. The van der Waals surface area contributed by atoms with Gasteiger partial charge < -0.3 is 0 Å². The molecule has 0 fully saturated rings. The summed E-state index contributed by atoms with van der Waals surface area (Å²) in [6.45, 7) is 11.6. The lowest BCUT2D eigenvalue weighted by molar-refractivity contribution is -0.653. The Morgan fingerprint density at radius 1 is 0.875 bits per heavy atom. The van der Waals surface area contributed by atoms with Crippen LogP contribution in [-0.2, 0) is 32.7 Å². The van der Waals surface area contributed by atoms with E-state index in [4.69, 9.17) is 4.98 Å². The average Bonchev–Trinajstić information content (AvgIpc) is 2.75. The monoisotopic (exact) mass is 425 g/mol. The molecule has 0 saturated carbocycles. The molecular weight excluding hydrogens is 388 g/mol. The lowest BCUT2D eigenvalue weighted by Crippen LogP contribution is -2.38. The molecule has 0 spiro atoms. The van der Waals surface area contributed by atoms with Gasteiger partial charge in [-0.25, -0.2) is 4.98 Å². The Morgan fingerprint density at radius 2 is 1.59 bits per heavy atom. The summed E-state index contributed by atoms with van der Waals surface area (Å²) < 4.78 is 2.50. The third kappa shape index (κ3) is 3.49. The molecule has 1 aromatic heterocycles. The predicted octanol–water partition coefficient (Wildman–Crippen LogP) is 6.95. The Balaban J connectivity index is 1.96. The molecule has 0 saturated heterocycles. The van der Waals surface area contributed by atoms with E-state index in [0.29, 0.717) is 11.8 Å². The van der Waals surface area contributed by atoms with E-state index < -0.39 is 0 Å². The highest BCUT2D eigenvalue weighted by Gasteiger charge is 2.27. The minimum atomic E-state index is 0.649. The molecule has 0 bridgehead atoms. The van der Waals surface area contributed by atoms with Crippen LogP contribution in [0.1, 0.15) is 68.6 Å². The fourth-order valence-electron chi connectivity index (χ4n) is 5.88. The molecule has 5 rings (SSSR count). The van der Waals surface area contributed by atoms with Crippen molar-refractivity contribution in [3.05, 3.63) is 58.4 Å². The third-order valence-corrected chi connectivity index (χ3v) is 7.34. The lowest BCUT2D eigenvalue weighted by atomic mass is 9.89. The minimum Gasteiger partial charge on any atom is -0.239 e. The molecule has 0 N–H and O–H groups in total. The maximum atomic E-state index is 5.39. The Bertz CT molecular complexity index is 1340. The van der Waals surface area contributed by atoms with Gasteiger partial charge in [-0.2, -0.15) is 4.57 Å². The van der Waals surface area contributed by atoms with Gasteiger partial charge in [-0.3, -0.25) is 0 Å². The summed E-state index contributed by atoms with van der Waals surface area (Å²) in [5, 5.41) is 5.46. The summed E-state index contributed by atoms with van der Waals surface area (Å²) in [4.78, 5) is 5.39. The van der Waals surface area contributed by atoms with Crippen molar-refractivity contribution >= 4 is 32.6 Å². The lowest BCUT2D eigenvalue weighted by Gasteiger charge is -2.18. The molecule has 0 radical (unpaired) electrons. The standard InChI is InChI=1S/C30H37N2/c1-18(2)15-21-11-13-23-24-14-12-22(16-19(3)4)20(5)28(24)30-29(25(23)17-21)31-26-9-7-8-10-27(26)32(30)6/h11-14,17-19H,7-10,15-16H2,1-6H3/q+1. The molecule has 166 valence electrons. The van der Waals surface area contributed by atoms with Gasteiger partial charge in [-0.15, -0.1) is 0 Å². The molecule has 2 heteroatoms. The van der Waals surface area contributed by atoms with E-state index in [-0.39, 0.29) is 0 Å². The van der Waals surface area contributed by atoms with Gasteiger partial charge >= 0.3 is 0 Å². The van der Waals surface area contributed by atoms with Crippen LogP contribution in [0.25, 0.3) is 32.6 Å². The van der Waals surface area contributed by atoms with Gasteiger partial charge in [-0.05, 0) is 84.4 Å². The zero-order chi connectivity index (χ0) is 22.6. The maximum absolute atomic E-state index is 5.39. The first-order valence-electron chi connectivity index (χ1n) is 12.5. The van der Waals surface area contributed by atoms with Crippen molar-refractivity contribution in [2.75, 3.05) is 0 Å². The summed E-state index contributed by atoms with van der Waals surface area (Å²) in [5.41, 5.74) is 9.62. The van der Waals surface area contributed by atoms with Gasteiger partial charge in [0.05, 0.1) is 5.39 Å². The van der Waals surface area contributed by atoms with Crippen LogP contribution in [0.3, 0.4) is 0 Å². The van der Waals surface area contributed by atoms with Crippen molar-refractivity contribution in [3.8, 4) is 0 Å². The van der Waals surface area contributed by atoms with Crippen LogP contribution in [0.2, 0.25) is 0 Å². The van der Waals surface area contributed by atoms with E-state index in [1.807, 2.05) is 0 Å². The first kappa shape index (κ1) is 21.4. The predicted molar refractivity (Wildman–Crippen MR) is 136 cm³/mol. The van der Waals surface area contributed by atoms with Crippen molar-refractivity contribution in [1.82, 2.24) is 4.98 Å². The average molecular weight is 426 g/mol. The zero-order valence-corrected chi connectivity index (χ0v) is 20.7. The maximum Gasteiger partial charge on any atom is 0.240 e. The SMILES string of the molecule is Cc1c(CC(C)C)ccc2c3ccc(CC(C)C)cc3c3nc4c([n+](C)c3c12)CCCC4. The molecule has 1 aliphatic rings. The summed E-state index contributed by atoms with van der Waals surface area (Å²) >= 11 is 0. The second-order valence-electron chi connectivity index (χ2n) is 10.8. The quantitative estimate of drug-likeness (QED) is 0.255. The fourth-order valence-corrected chi connectivity index (χ4v) is 5.88. The number of benzene rings is 3. The summed E-state index contributed by atoms with van der Waals surface area (Å²) in [5.74, 6) is 1.30. The van der Waals surface area contributed by atoms with Gasteiger partial charge in [-0.1, -0.05) is 52.0 Å². The van der Waals surface area contributed by atoms with E-state index in [2.05, 4.69) is 76.6 Å². The van der Waals surface area contributed by atoms with E-state index in [0.717, 1.165) is 25.7 Å². The third-order valence-electron chi connectivity index (χ3n) is 7.34. The van der Waals surface area contributed by atoms with Crippen molar-refractivity contribution in [2.24, 2.45) is 18.9 Å². The topological polar surface area (TPSA) is 16.8 Å². The Morgan fingerprint density at radius 3 is 2.34 bits per heavy atom. The number of aromatic nitrogens is 2. The van der Waals surface area contributed by atoms with E-state index >= 15 is 0 Å². The second-order valence-corrected chi connectivity index (χ2v) is 10.8. The molecule has 32 heavy (non-hydrogen) atoms. The highest BCUT2D eigenvalue weighted by atomic mass is 15.0. The molecule has 1 heterocycles. The molecule has 3 aromatic carbocycles. The van der Waals surface area contributed by atoms with Crippen LogP contribution in [0.5, 0.6) is 0 Å². The summed E-state index contributed by atoms with van der Waals surface area (Å²) in [6, 6.07) is 11.9. The molecule has 0 atom stereocenters. The number of fused-ring (bicyclic) bond motifs is 7. The van der Waals surface area contributed by atoms with Crippen molar-refractivity contribution in [2.45, 2.75) is 73.1 Å². The van der Waals surface area contributed by atoms with Crippen molar-refractivity contribution in [1.29, 1.82) is 0 Å². The Kier molecular flexibility index (Phi) is 5.43. The Hall–Kier alpha value is -2.48. The number of hydrogen-bond acceptors (Lipinski definition) is 1. The summed E-state index contributed by atoms with van der Waals surface area (Å²) in [7, 11) is 2.28. The largest absolute Gasteiger partial charge is 0.240 e. The van der Waals surface area contributed by atoms with Gasteiger partial charge in [0.15, 0.2) is 0 Å². The normalized spacial score (nSPS) is 14.2. The first-order chi connectivity index (χ1) is 15.3. The zero-order valence-electron chi connectivity index (χ0n) is 20.7. The number of nitrogens with zero attached hydrogens (tertiary/aromatic N) is 2. The van der Waals surface area contributed by atoms with Gasteiger partial charge in [0.25, 0.3) is 0 Å². The molecular formula is C30H37N2+. The Labute approximate surface area is 192 Å². The van der Waals surface area contributed by atoms with Crippen LogP contribution < -0.4 is 4.57 Å². The van der Waals surface area contributed by atoms with E-state index in [1.54, 1.807) is 0 Å². The number of rotatable bonds is 4. The van der Waals surface area contributed by atoms with Gasteiger partial charge in [0.2, 0.25) is 11.2 Å². The van der Waals surface area contributed by atoms with Crippen molar-refractivity contribution < 1.29 is 4.57 Å². The smallest absolute Gasteiger partial charge is 0.239 e. The molecule has 0 amide bonds. The molecule has 0 aliphatic heterocycles. The molecule has 4 aromatic rings. The van der Waals surface area contributed by atoms with Crippen LogP contribution in [0.4, 0.5) is 0 Å². The number of hydrogen-bond donors (Lipinski definition) is 0. The minimum absolute atomic E-state index is 0.649. The van der Waals surface area contributed by atoms with Gasteiger partial charge in [0.1, 0.15) is 18.3 Å². The van der Waals surface area contributed by atoms with Gasteiger partial charge in [0, 0.05) is 11.8 Å². The van der Waals surface area contributed by atoms with E-state index in [1.165, 1.54) is 73.5 Å². The highest BCUT2D eigenvalue weighted by molar-refractivity contribution is 6.23. The molecule has 0 unspecified atom stereocenters. The second kappa shape index (κ2) is 8.14.